The van der Waals surface area contributed by atoms with Crippen molar-refractivity contribution in [2.75, 3.05) is 7.11 Å². The van der Waals surface area contributed by atoms with E-state index in [1.165, 1.54) is 19.4 Å². The van der Waals surface area contributed by atoms with E-state index < -0.39 is 5.92 Å². The van der Waals surface area contributed by atoms with Gasteiger partial charge in [0.1, 0.15) is 5.75 Å². The molecule has 1 aromatic heterocycles. The van der Waals surface area contributed by atoms with Gasteiger partial charge < -0.3 is 4.74 Å². The lowest BCUT2D eigenvalue weighted by Gasteiger charge is -2.10. The fraction of sp³-hybridized carbons (Fsp3) is 0.375. The molecule has 0 spiro atoms. The van der Waals surface area contributed by atoms with Gasteiger partial charge in [-0.05, 0) is 6.07 Å². The molecule has 66 valence electrons. The molecule has 0 radical (unpaired) electrons. The fourth-order valence-corrected chi connectivity index (χ4v) is 0.771. The van der Waals surface area contributed by atoms with Crippen LogP contribution in [0.1, 0.15) is 12.5 Å². The monoisotopic (exact) mass is 173 g/mol. The predicted octanol–water partition coefficient (Wildman–Crippen LogP) is 2.20. The second-order valence-corrected chi connectivity index (χ2v) is 2.50. The van der Waals surface area contributed by atoms with E-state index in [4.69, 9.17) is 4.74 Å². The highest BCUT2D eigenvalue weighted by molar-refractivity contribution is 5.26. The molecule has 1 aromatic rings. The average Bonchev–Trinajstić information content (AvgIpc) is 2.03. The van der Waals surface area contributed by atoms with Crippen molar-refractivity contribution in [3.05, 3.63) is 24.0 Å². The molecule has 0 aliphatic heterocycles. The van der Waals surface area contributed by atoms with E-state index in [0.29, 0.717) is 5.75 Å². The Morgan fingerprint density at radius 3 is 2.58 bits per heavy atom. The van der Waals surface area contributed by atoms with Crippen molar-refractivity contribution in [3.8, 4) is 5.75 Å². The predicted molar refractivity (Wildman–Crippen MR) is 40.4 cm³/mol. The van der Waals surface area contributed by atoms with Crippen LogP contribution in [0.5, 0.6) is 5.75 Å². The van der Waals surface area contributed by atoms with Gasteiger partial charge in [0.25, 0.3) is 5.92 Å². The van der Waals surface area contributed by atoms with Gasteiger partial charge in [0, 0.05) is 18.7 Å². The van der Waals surface area contributed by atoms with Crippen LogP contribution >= 0.6 is 0 Å². The highest BCUT2D eigenvalue weighted by atomic mass is 19.3. The second-order valence-electron chi connectivity index (χ2n) is 2.50. The third-order valence-electron chi connectivity index (χ3n) is 1.46. The number of halogens is 2. The third-order valence-corrected chi connectivity index (χ3v) is 1.46. The van der Waals surface area contributed by atoms with Crippen molar-refractivity contribution < 1.29 is 13.5 Å². The van der Waals surface area contributed by atoms with Crippen LogP contribution in [0, 0.1) is 0 Å². The lowest BCUT2D eigenvalue weighted by Crippen LogP contribution is -2.07. The molecule has 0 N–H and O–H groups in total. The molecule has 0 bridgehead atoms. The van der Waals surface area contributed by atoms with Crippen LogP contribution in [0.4, 0.5) is 8.78 Å². The highest BCUT2D eigenvalue weighted by Crippen LogP contribution is 2.28. The van der Waals surface area contributed by atoms with E-state index in [0.717, 1.165) is 13.1 Å². The minimum Gasteiger partial charge on any atom is -0.495 e. The van der Waals surface area contributed by atoms with Crippen molar-refractivity contribution >= 4 is 0 Å². The maximum atomic E-state index is 12.7. The Labute approximate surface area is 69.2 Å². The van der Waals surface area contributed by atoms with Crippen LogP contribution in [0.3, 0.4) is 0 Å². The van der Waals surface area contributed by atoms with Gasteiger partial charge in [-0.2, -0.15) is 0 Å². The lowest BCUT2D eigenvalue weighted by atomic mass is 10.2. The first-order valence-corrected chi connectivity index (χ1v) is 3.41. The smallest absolute Gasteiger partial charge is 0.272 e. The third kappa shape index (κ3) is 1.90. The summed E-state index contributed by atoms with van der Waals surface area (Å²) < 4.78 is 30.1. The Morgan fingerprint density at radius 2 is 2.08 bits per heavy atom. The molecule has 0 aliphatic carbocycles. The number of rotatable bonds is 2. The number of methoxy groups -OCH3 is 1. The number of ether oxygens (including phenoxy) is 1. The molecule has 0 aliphatic rings. The standard InChI is InChI=1S/C8H9F2NO/c1-8(9,10)6-3-7(12-2)5-11-4-6/h3-5H,1-2H3. The Bertz CT molecular complexity index is 270. The van der Waals surface area contributed by atoms with Crippen LogP contribution in [-0.2, 0) is 5.92 Å². The van der Waals surface area contributed by atoms with Gasteiger partial charge in [0.05, 0.1) is 13.3 Å². The average molecular weight is 173 g/mol. The molecule has 0 unspecified atom stereocenters. The summed E-state index contributed by atoms with van der Waals surface area (Å²) in [5, 5.41) is 0. The summed E-state index contributed by atoms with van der Waals surface area (Å²) >= 11 is 0. The number of hydrogen-bond donors (Lipinski definition) is 0. The Hall–Kier alpha value is -1.19. The molecule has 0 saturated carbocycles. The van der Waals surface area contributed by atoms with Crippen LogP contribution in [0.25, 0.3) is 0 Å². The first kappa shape index (κ1) is 8.90. The Morgan fingerprint density at radius 1 is 1.42 bits per heavy atom. The molecular formula is C8H9F2NO. The molecule has 1 heterocycles. The topological polar surface area (TPSA) is 22.1 Å². The van der Waals surface area contributed by atoms with Crippen molar-refractivity contribution in [2.24, 2.45) is 0 Å². The van der Waals surface area contributed by atoms with E-state index in [-0.39, 0.29) is 5.56 Å². The molecule has 1 rings (SSSR count). The summed E-state index contributed by atoms with van der Waals surface area (Å²) in [7, 11) is 1.41. The van der Waals surface area contributed by atoms with E-state index in [1.54, 1.807) is 0 Å². The molecule has 0 saturated heterocycles. The molecule has 12 heavy (non-hydrogen) atoms. The normalized spacial score (nSPS) is 11.3. The number of nitrogens with zero attached hydrogens (tertiary/aromatic N) is 1. The zero-order valence-corrected chi connectivity index (χ0v) is 6.84. The summed E-state index contributed by atoms with van der Waals surface area (Å²) in [5.41, 5.74) is -0.137. The molecule has 0 atom stereocenters. The number of aromatic nitrogens is 1. The van der Waals surface area contributed by atoms with Crippen LogP contribution in [0.2, 0.25) is 0 Å². The van der Waals surface area contributed by atoms with Crippen LogP contribution in [-0.4, -0.2) is 12.1 Å². The van der Waals surface area contributed by atoms with E-state index >= 15 is 0 Å². The first-order valence-electron chi connectivity index (χ1n) is 3.41. The zero-order chi connectivity index (χ0) is 9.19. The van der Waals surface area contributed by atoms with Gasteiger partial charge in [-0.1, -0.05) is 0 Å². The molecule has 2 nitrogen and oxygen atoms in total. The minimum atomic E-state index is -2.86. The summed E-state index contributed by atoms with van der Waals surface area (Å²) in [6.45, 7) is 0.823. The summed E-state index contributed by atoms with van der Waals surface area (Å²) in [6.07, 6.45) is 2.51. The maximum Gasteiger partial charge on any atom is 0.272 e. The van der Waals surface area contributed by atoms with Gasteiger partial charge >= 0.3 is 0 Å². The summed E-state index contributed by atoms with van der Waals surface area (Å²) in [6, 6.07) is 1.27. The SMILES string of the molecule is COc1cncc(C(C)(F)F)c1. The van der Waals surface area contributed by atoms with Gasteiger partial charge in [-0.25, -0.2) is 8.78 Å². The maximum absolute atomic E-state index is 12.7. The van der Waals surface area contributed by atoms with Crippen molar-refractivity contribution in [3.63, 3.8) is 0 Å². The summed E-state index contributed by atoms with van der Waals surface area (Å²) in [4.78, 5) is 3.62. The van der Waals surface area contributed by atoms with E-state index in [2.05, 4.69) is 4.98 Å². The van der Waals surface area contributed by atoms with Crippen LogP contribution in [0.15, 0.2) is 18.5 Å². The molecule has 4 heteroatoms. The second kappa shape index (κ2) is 3.05. The van der Waals surface area contributed by atoms with Gasteiger partial charge in [-0.15, -0.1) is 0 Å². The van der Waals surface area contributed by atoms with Crippen molar-refractivity contribution in [2.45, 2.75) is 12.8 Å². The lowest BCUT2D eigenvalue weighted by molar-refractivity contribution is 0.0169. The van der Waals surface area contributed by atoms with Gasteiger partial charge in [-0.3, -0.25) is 4.98 Å². The van der Waals surface area contributed by atoms with Gasteiger partial charge in [0.2, 0.25) is 0 Å². The molecule has 0 fully saturated rings. The van der Waals surface area contributed by atoms with Crippen LogP contribution < -0.4 is 4.74 Å². The zero-order valence-electron chi connectivity index (χ0n) is 6.84. The van der Waals surface area contributed by atoms with Crippen molar-refractivity contribution in [1.29, 1.82) is 0 Å². The molecular weight excluding hydrogens is 164 g/mol. The number of hydrogen-bond acceptors (Lipinski definition) is 2. The first-order chi connectivity index (χ1) is 5.54. The van der Waals surface area contributed by atoms with Crippen molar-refractivity contribution in [1.82, 2.24) is 4.98 Å². The number of alkyl halides is 2. The van der Waals surface area contributed by atoms with Gasteiger partial charge in [0.15, 0.2) is 0 Å². The highest BCUT2D eigenvalue weighted by Gasteiger charge is 2.24. The quantitative estimate of drug-likeness (QED) is 0.684. The number of pyridine rings is 1. The van der Waals surface area contributed by atoms with E-state index in [9.17, 15) is 8.78 Å². The largest absolute Gasteiger partial charge is 0.495 e. The molecule has 0 amide bonds. The van der Waals surface area contributed by atoms with E-state index in [1.807, 2.05) is 0 Å². The fourth-order valence-electron chi connectivity index (χ4n) is 0.771. The minimum absolute atomic E-state index is 0.137. The molecule has 0 aromatic carbocycles. The Balaban J connectivity index is 3.02. The summed E-state index contributed by atoms with van der Waals surface area (Å²) in [5.74, 6) is -2.52. The Kier molecular flexibility index (Phi) is 2.26.